The average Bonchev–Trinajstić information content (AvgIpc) is 2.78. The van der Waals surface area contributed by atoms with Gasteiger partial charge in [-0.15, -0.1) is 11.3 Å². The summed E-state index contributed by atoms with van der Waals surface area (Å²) in [5.41, 5.74) is 0.846. The molecule has 0 saturated carbocycles. The zero-order valence-electron chi connectivity index (χ0n) is 12.8. The number of hydrogen-bond acceptors (Lipinski definition) is 3. The van der Waals surface area contributed by atoms with Crippen molar-refractivity contribution in [3.63, 3.8) is 0 Å². The van der Waals surface area contributed by atoms with Gasteiger partial charge in [0.1, 0.15) is 5.60 Å². The Bertz CT molecular complexity index is 420. The van der Waals surface area contributed by atoms with Gasteiger partial charge in [0.15, 0.2) is 0 Å². The number of fused-ring (bicyclic) bond motifs is 1. The topological polar surface area (TPSA) is 29.5 Å². The molecule has 0 aromatic carbocycles. The van der Waals surface area contributed by atoms with Gasteiger partial charge in [-0.3, -0.25) is 0 Å². The summed E-state index contributed by atoms with van der Waals surface area (Å²) in [5, 5.41) is 2.10. The molecule has 2 rings (SSSR count). The second-order valence-corrected chi connectivity index (χ2v) is 6.40. The molecule has 0 fully saturated rings. The van der Waals surface area contributed by atoms with Gasteiger partial charge in [-0.05, 0) is 51.1 Å². The van der Waals surface area contributed by atoms with Crippen molar-refractivity contribution in [1.29, 1.82) is 0 Å². The number of nitrogens with zero attached hydrogens (tertiary/aromatic N) is 1. The quantitative estimate of drug-likeness (QED) is 0.695. The zero-order valence-corrected chi connectivity index (χ0v) is 13.6. The summed E-state index contributed by atoms with van der Waals surface area (Å²) in [7, 11) is 0. The third kappa shape index (κ3) is 3.96. The van der Waals surface area contributed by atoms with Crippen LogP contribution < -0.4 is 0 Å². The smallest absolute Gasteiger partial charge is 0.410 e. The number of amides is 1. The van der Waals surface area contributed by atoms with Crippen molar-refractivity contribution in [2.24, 2.45) is 0 Å². The molecule has 1 aliphatic rings. The number of carbonyl (C=O) groups excluding carboxylic acids is 1. The summed E-state index contributed by atoms with van der Waals surface area (Å²) >= 11 is 1.78. The van der Waals surface area contributed by atoms with Gasteiger partial charge in [0.25, 0.3) is 0 Å². The van der Waals surface area contributed by atoms with Crippen molar-refractivity contribution in [3.05, 3.63) is 21.9 Å². The van der Waals surface area contributed by atoms with E-state index in [4.69, 9.17) is 4.74 Å². The first-order chi connectivity index (χ1) is 8.88. The first kappa shape index (κ1) is 16.0. The first-order valence-corrected chi connectivity index (χ1v) is 7.82. The molecule has 0 spiro atoms. The van der Waals surface area contributed by atoms with Gasteiger partial charge in [0, 0.05) is 11.4 Å². The number of rotatable bonds is 0. The van der Waals surface area contributed by atoms with Crippen molar-refractivity contribution < 1.29 is 9.53 Å². The van der Waals surface area contributed by atoms with Crippen LogP contribution in [0.3, 0.4) is 0 Å². The molecule has 0 aliphatic carbocycles. The molecular formula is C15H25NO2S. The highest BCUT2D eigenvalue weighted by Gasteiger charge is 2.31. The summed E-state index contributed by atoms with van der Waals surface area (Å²) in [5.74, 6) is 0. The molecule has 1 atom stereocenters. The van der Waals surface area contributed by atoms with Gasteiger partial charge in [-0.2, -0.15) is 0 Å². The summed E-state index contributed by atoms with van der Waals surface area (Å²) < 4.78 is 5.43. The molecule has 3 nitrogen and oxygen atoms in total. The van der Waals surface area contributed by atoms with Gasteiger partial charge in [-0.25, -0.2) is 4.79 Å². The minimum Gasteiger partial charge on any atom is -0.444 e. The van der Waals surface area contributed by atoms with E-state index >= 15 is 0 Å². The highest BCUT2D eigenvalue weighted by molar-refractivity contribution is 7.10. The van der Waals surface area contributed by atoms with Crippen molar-refractivity contribution in [2.45, 2.75) is 59.6 Å². The fourth-order valence-corrected chi connectivity index (χ4v) is 3.04. The lowest BCUT2D eigenvalue weighted by Gasteiger charge is -2.34. The Balaban J connectivity index is 0.000000861. The number of thiophene rings is 1. The third-order valence-electron chi connectivity index (χ3n) is 2.91. The van der Waals surface area contributed by atoms with E-state index in [1.54, 1.807) is 11.3 Å². The summed E-state index contributed by atoms with van der Waals surface area (Å²) in [6.07, 6.45) is 0.734. The molecule has 0 radical (unpaired) electrons. The Labute approximate surface area is 120 Å². The van der Waals surface area contributed by atoms with Gasteiger partial charge in [0.05, 0.1) is 6.04 Å². The molecule has 2 heterocycles. The third-order valence-corrected chi connectivity index (χ3v) is 3.90. The van der Waals surface area contributed by atoms with E-state index in [2.05, 4.69) is 18.4 Å². The minimum absolute atomic E-state index is 0.125. The van der Waals surface area contributed by atoms with E-state index in [-0.39, 0.29) is 12.1 Å². The zero-order chi connectivity index (χ0) is 14.6. The van der Waals surface area contributed by atoms with Crippen LogP contribution in [0.2, 0.25) is 0 Å². The van der Waals surface area contributed by atoms with Crippen LogP contribution in [0.25, 0.3) is 0 Å². The molecule has 19 heavy (non-hydrogen) atoms. The summed E-state index contributed by atoms with van der Waals surface area (Å²) in [4.78, 5) is 15.3. The van der Waals surface area contributed by atoms with E-state index in [1.807, 2.05) is 39.5 Å². The van der Waals surface area contributed by atoms with Gasteiger partial charge in [-0.1, -0.05) is 13.8 Å². The van der Waals surface area contributed by atoms with Crippen molar-refractivity contribution in [3.8, 4) is 0 Å². The van der Waals surface area contributed by atoms with E-state index in [0.717, 1.165) is 13.0 Å². The Morgan fingerprint density at radius 1 is 1.42 bits per heavy atom. The molecule has 108 valence electrons. The van der Waals surface area contributed by atoms with E-state index < -0.39 is 5.60 Å². The number of hydrogen-bond donors (Lipinski definition) is 0. The van der Waals surface area contributed by atoms with Crippen LogP contribution >= 0.6 is 11.3 Å². The molecule has 0 unspecified atom stereocenters. The standard InChI is InChI=1S/C13H19NO2S.C2H6/c1-9-10-6-8-17-11(10)5-7-14(9)12(15)16-13(2,3)4;1-2/h6,8-9H,5,7H2,1-4H3;1-2H3/t9-;/m0./s1. The number of carbonyl (C=O) groups is 1. The molecule has 0 N–H and O–H groups in total. The van der Waals surface area contributed by atoms with E-state index in [9.17, 15) is 4.79 Å². The monoisotopic (exact) mass is 283 g/mol. The predicted molar refractivity (Wildman–Crippen MR) is 80.7 cm³/mol. The second kappa shape index (κ2) is 6.42. The average molecular weight is 283 g/mol. The summed E-state index contributed by atoms with van der Waals surface area (Å²) in [6.45, 7) is 12.5. The highest BCUT2D eigenvalue weighted by Crippen LogP contribution is 2.33. The highest BCUT2D eigenvalue weighted by atomic mass is 32.1. The van der Waals surface area contributed by atoms with Crippen LogP contribution in [0.5, 0.6) is 0 Å². The lowest BCUT2D eigenvalue weighted by Crippen LogP contribution is -2.41. The van der Waals surface area contributed by atoms with Crippen LogP contribution in [-0.2, 0) is 11.2 Å². The minimum atomic E-state index is -0.425. The largest absolute Gasteiger partial charge is 0.444 e. The van der Waals surface area contributed by atoms with Gasteiger partial charge in [0.2, 0.25) is 0 Å². The lowest BCUT2D eigenvalue weighted by atomic mass is 10.0. The fourth-order valence-electron chi connectivity index (χ4n) is 2.08. The maximum Gasteiger partial charge on any atom is 0.410 e. The molecule has 1 aromatic heterocycles. The van der Waals surface area contributed by atoms with Crippen molar-refractivity contribution in [2.75, 3.05) is 6.54 Å². The Kier molecular flexibility index (Phi) is 5.41. The van der Waals surface area contributed by atoms with Gasteiger partial charge < -0.3 is 9.64 Å². The van der Waals surface area contributed by atoms with Gasteiger partial charge >= 0.3 is 6.09 Å². The fraction of sp³-hybridized carbons (Fsp3) is 0.667. The Morgan fingerprint density at radius 3 is 2.63 bits per heavy atom. The second-order valence-electron chi connectivity index (χ2n) is 5.40. The van der Waals surface area contributed by atoms with Crippen LogP contribution in [0.1, 0.15) is 58.0 Å². The maximum atomic E-state index is 12.1. The predicted octanol–water partition coefficient (Wildman–Crippen LogP) is 4.63. The molecule has 1 aliphatic heterocycles. The molecule has 1 aromatic rings. The van der Waals surface area contributed by atoms with Crippen molar-refractivity contribution in [1.82, 2.24) is 4.90 Å². The Morgan fingerprint density at radius 2 is 2.05 bits per heavy atom. The van der Waals surface area contributed by atoms with Crippen LogP contribution in [0.15, 0.2) is 11.4 Å². The van der Waals surface area contributed by atoms with Crippen LogP contribution in [0.4, 0.5) is 4.79 Å². The van der Waals surface area contributed by atoms with Crippen LogP contribution in [0, 0.1) is 0 Å². The normalized spacial score (nSPS) is 18.2. The SMILES string of the molecule is CC.C[C@H]1c2ccsc2CCN1C(=O)OC(C)(C)C. The molecule has 0 saturated heterocycles. The molecule has 4 heteroatoms. The van der Waals surface area contributed by atoms with Crippen molar-refractivity contribution >= 4 is 17.4 Å². The Hall–Kier alpha value is -1.03. The van der Waals surface area contributed by atoms with Crippen LogP contribution in [-0.4, -0.2) is 23.1 Å². The molecular weight excluding hydrogens is 258 g/mol. The number of ether oxygens (including phenoxy) is 1. The lowest BCUT2D eigenvalue weighted by molar-refractivity contribution is 0.0161. The molecule has 1 amide bonds. The van der Waals surface area contributed by atoms with E-state index in [1.165, 1.54) is 10.4 Å². The molecule has 0 bridgehead atoms. The first-order valence-electron chi connectivity index (χ1n) is 6.94. The maximum absolute atomic E-state index is 12.1. The summed E-state index contributed by atoms with van der Waals surface area (Å²) in [6, 6.07) is 2.24. The van der Waals surface area contributed by atoms with E-state index in [0.29, 0.717) is 0 Å².